The van der Waals surface area contributed by atoms with E-state index < -0.39 is 0 Å². The van der Waals surface area contributed by atoms with Crippen LogP contribution < -0.4 is 21.7 Å². The summed E-state index contributed by atoms with van der Waals surface area (Å²) in [5, 5.41) is 11.2. The highest BCUT2D eigenvalue weighted by Gasteiger charge is 2.17. The normalized spacial score (nSPS) is 15.5. The third kappa shape index (κ3) is 4.88. The molecule has 0 spiro atoms. The molecule has 1 unspecified atom stereocenters. The minimum absolute atomic E-state index is 0.189. The lowest BCUT2D eigenvalue weighted by atomic mass is 10.1. The number of nitrogens with one attached hydrogen (secondary N) is 3. The molecule has 0 radical (unpaired) electrons. The zero-order valence-corrected chi connectivity index (χ0v) is 18.0. The third-order valence-corrected chi connectivity index (χ3v) is 5.50. The first-order chi connectivity index (χ1) is 16.1. The topological polar surface area (TPSA) is 131 Å². The first-order valence-electron chi connectivity index (χ1n) is 10.8. The highest BCUT2D eigenvalue weighted by molar-refractivity contribution is 5.90. The molecule has 4 aromatic rings. The van der Waals surface area contributed by atoms with Crippen molar-refractivity contribution in [3.8, 4) is 11.4 Å². The van der Waals surface area contributed by atoms with E-state index in [0.717, 1.165) is 53.0 Å². The van der Waals surface area contributed by atoms with Crippen molar-refractivity contribution in [1.29, 1.82) is 0 Å². The third-order valence-electron chi connectivity index (χ3n) is 5.50. The number of primary amides is 1. The lowest BCUT2D eigenvalue weighted by Gasteiger charge is -2.15. The summed E-state index contributed by atoms with van der Waals surface area (Å²) in [6.45, 7) is 1.90. The van der Waals surface area contributed by atoms with Gasteiger partial charge in [0.1, 0.15) is 11.6 Å². The van der Waals surface area contributed by atoms with Gasteiger partial charge in [-0.1, -0.05) is 12.1 Å². The number of fused-ring (bicyclic) bond motifs is 1. The summed E-state index contributed by atoms with van der Waals surface area (Å²) in [5.74, 6) is 1.68. The summed E-state index contributed by atoms with van der Waals surface area (Å²) in [4.78, 5) is 29.5. The Labute approximate surface area is 190 Å². The Morgan fingerprint density at radius 3 is 2.94 bits per heavy atom. The fourth-order valence-electron chi connectivity index (χ4n) is 3.94. The highest BCUT2D eigenvalue weighted by Crippen LogP contribution is 2.27. The predicted molar refractivity (Wildman–Crippen MR) is 128 cm³/mol. The minimum Gasteiger partial charge on any atom is -0.369 e. The van der Waals surface area contributed by atoms with E-state index in [1.807, 2.05) is 42.5 Å². The van der Waals surface area contributed by atoms with Gasteiger partial charge in [-0.3, -0.25) is 9.78 Å². The largest absolute Gasteiger partial charge is 0.369 e. The molecule has 1 aliphatic rings. The molecule has 1 atom stereocenters. The second-order valence-corrected chi connectivity index (χ2v) is 8.02. The van der Waals surface area contributed by atoms with Gasteiger partial charge in [-0.05, 0) is 48.9 Å². The minimum atomic E-state index is -0.368. The van der Waals surface area contributed by atoms with Crippen molar-refractivity contribution in [1.82, 2.24) is 25.3 Å². The van der Waals surface area contributed by atoms with Gasteiger partial charge in [-0.15, -0.1) is 0 Å². The zero-order chi connectivity index (χ0) is 22.6. The molecule has 9 heteroatoms. The summed E-state index contributed by atoms with van der Waals surface area (Å²) in [6.07, 6.45) is 6.46. The number of carbonyl (C=O) groups is 1. The SMILES string of the molecule is NC(=O)Cc1cccc(Nc2cc(-c3nc(NC4CCNC4)c4ccncc4n3)ccn2)c1. The van der Waals surface area contributed by atoms with Crippen LogP contribution in [0.3, 0.4) is 0 Å². The summed E-state index contributed by atoms with van der Waals surface area (Å²) in [7, 11) is 0. The van der Waals surface area contributed by atoms with Crippen molar-refractivity contribution in [2.75, 3.05) is 23.7 Å². The molecule has 3 aromatic heterocycles. The summed E-state index contributed by atoms with van der Waals surface area (Å²) < 4.78 is 0. The van der Waals surface area contributed by atoms with Crippen molar-refractivity contribution in [2.24, 2.45) is 5.73 Å². The lowest BCUT2D eigenvalue weighted by Crippen LogP contribution is -2.23. The van der Waals surface area contributed by atoms with Crippen molar-refractivity contribution in [2.45, 2.75) is 18.9 Å². The maximum Gasteiger partial charge on any atom is 0.221 e. The van der Waals surface area contributed by atoms with Crippen LogP contribution in [-0.4, -0.2) is 45.0 Å². The number of hydrogen-bond donors (Lipinski definition) is 4. The molecule has 1 amide bonds. The van der Waals surface area contributed by atoms with E-state index in [0.29, 0.717) is 17.7 Å². The zero-order valence-electron chi connectivity index (χ0n) is 18.0. The Morgan fingerprint density at radius 1 is 1.15 bits per heavy atom. The van der Waals surface area contributed by atoms with E-state index in [9.17, 15) is 4.79 Å². The van der Waals surface area contributed by atoms with Crippen LogP contribution in [0.15, 0.2) is 61.1 Å². The van der Waals surface area contributed by atoms with Gasteiger partial charge in [0.05, 0.1) is 18.1 Å². The maximum absolute atomic E-state index is 11.2. The van der Waals surface area contributed by atoms with Crippen molar-refractivity contribution >= 4 is 34.1 Å². The van der Waals surface area contributed by atoms with Gasteiger partial charge < -0.3 is 21.7 Å². The molecule has 1 saturated heterocycles. The van der Waals surface area contributed by atoms with Crippen LogP contribution in [0.1, 0.15) is 12.0 Å². The number of hydrogen-bond acceptors (Lipinski definition) is 8. The molecule has 0 saturated carbocycles. The smallest absolute Gasteiger partial charge is 0.221 e. The van der Waals surface area contributed by atoms with E-state index in [1.165, 1.54) is 0 Å². The predicted octanol–water partition coefficient (Wildman–Crippen LogP) is 2.63. The van der Waals surface area contributed by atoms with E-state index >= 15 is 0 Å². The molecular weight excluding hydrogens is 416 g/mol. The molecule has 1 aromatic carbocycles. The lowest BCUT2D eigenvalue weighted by molar-refractivity contribution is -0.117. The van der Waals surface area contributed by atoms with Crippen LogP contribution in [0.25, 0.3) is 22.3 Å². The molecule has 166 valence electrons. The average molecular weight is 441 g/mol. The van der Waals surface area contributed by atoms with Gasteiger partial charge in [0.15, 0.2) is 5.82 Å². The van der Waals surface area contributed by atoms with Crippen LogP contribution in [0.2, 0.25) is 0 Å². The Morgan fingerprint density at radius 2 is 2.09 bits per heavy atom. The highest BCUT2D eigenvalue weighted by atomic mass is 16.1. The molecule has 0 aliphatic carbocycles. The monoisotopic (exact) mass is 440 g/mol. The van der Waals surface area contributed by atoms with Crippen LogP contribution in [0.5, 0.6) is 0 Å². The number of pyridine rings is 2. The van der Waals surface area contributed by atoms with Gasteiger partial charge in [0.25, 0.3) is 0 Å². The Bertz CT molecular complexity index is 1300. The van der Waals surface area contributed by atoms with E-state index in [2.05, 4.69) is 25.9 Å². The van der Waals surface area contributed by atoms with Gasteiger partial charge in [0.2, 0.25) is 5.91 Å². The number of benzene rings is 1. The Kier molecular flexibility index (Phi) is 5.77. The molecule has 4 heterocycles. The van der Waals surface area contributed by atoms with Crippen LogP contribution >= 0.6 is 0 Å². The number of amides is 1. The average Bonchev–Trinajstić information content (AvgIpc) is 3.32. The number of carbonyl (C=O) groups excluding carboxylic acids is 1. The quantitative estimate of drug-likeness (QED) is 0.345. The Balaban J connectivity index is 1.45. The summed E-state index contributed by atoms with van der Waals surface area (Å²) in [5.41, 5.74) is 8.58. The Hall–Kier alpha value is -4.11. The van der Waals surface area contributed by atoms with Crippen LogP contribution in [-0.2, 0) is 11.2 Å². The first-order valence-corrected chi connectivity index (χ1v) is 10.8. The maximum atomic E-state index is 11.2. The number of rotatable bonds is 7. The molecule has 0 bridgehead atoms. The van der Waals surface area contributed by atoms with Gasteiger partial charge in [-0.25, -0.2) is 15.0 Å². The molecule has 1 fully saturated rings. The van der Waals surface area contributed by atoms with Crippen molar-refractivity contribution < 1.29 is 4.79 Å². The molecule has 5 N–H and O–H groups in total. The van der Waals surface area contributed by atoms with E-state index in [4.69, 9.17) is 15.7 Å². The van der Waals surface area contributed by atoms with Crippen molar-refractivity contribution in [3.05, 3.63) is 66.6 Å². The number of nitrogens with two attached hydrogens (primary N) is 1. The second kappa shape index (κ2) is 9.17. The molecule has 9 nitrogen and oxygen atoms in total. The molecular formula is C24H24N8O. The first kappa shape index (κ1) is 20.8. The standard InChI is InChI=1S/C24H24N8O/c25-21(33)11-15-2-1-3-17(10-15)29-22-12-16(4-9-28-22)23-31-20-14-27-8-6-19(20)24(32-23)30-18-5-7-26-13-18/h1-4,6,8-10,12,14,18,26H,5,7,11,13H2,(H2,25,33)(H,28,29)(H,30,31,32). The fourth-order valence-corrected chi connectivity index (χ4v) is 3.94. The number of anilines is 3. The molecule has 5 rings (SSSR count). The van der Waals surface area contributed by atoms with E-state index in [-0.39, 0.29) is 12.3 Å². The molecule has 1 aliphatic heterocycles. The van der Waals surface area contributed by atoms with Gasteiger partial charge in [0, 0.05) is 41.6 Å². The van der Waals surface area contributed by atoms with Crippen LogP contribution in [0, 0.1) is 0 Å². The van der Waals surface area contributed by atoms with Crippen molar-refractivity contribution in [3.63, 3.8) is 0 Å². The van der Waals surface area contributed by atoms with Gasteiger partial charge in [-0.2, -0.15) is 0 Å². The summed E-state index contributed by atoms with van der Waals surface area (Å²) >= 11 is 0. The fraction of sp³-hybridized carbons (Fsp3) is 0.208. The van der Waals surface area contributed by atoms with Crippen LogP contribution in [0.4, 0.5) is 17.3 Å². The molecule has 33 heavy (non-hydrogen) atoms. The van der Waals surface area contributed by atoms with E-state index in [1.54, 1.807) is 18.6 Å². The van der Waals surface area contributed by atoms with Gasteiger partial charge >= 0.3 is 0 Å². The second-order valence-electron chi connectivity index (χ2n) is 8.02. The number of nitrogens with zero attached hydrogens (tertiary/aromatic N) is 4. The number of aromatic nitrogens is 4. The summed E-state index contributed by atoms with van der Waals surface area (Å²) in [6, 6.07) is 13.6.